The Morgan fingerprint density at radius 2 is 1.84 bits per heavy atom. The maximum Gasteiger partial charge on any atom is 0.439 e. The molecular weight excluding hydrogens is 436 g/mol. The minimum absolute atomic E-state index is 0.0251. The summed E-state index contributed by atoms with van der Waals surface area (Å²) in [4.78, 5) is 26.0. The minimum atomic E-state index is -3.89. The van der Waals surface area contributed by atoms with Gasteiger partial charge in [0.2, 0.25) is 5.82 Å². The number of hydrogen-bond acceptors (Lipinski definition) is 7. The van der Waals surface area contributed by atoms with Gasteiger partial charge in [0.15, 0.2) is 11.5 Å². The first kappa shape index (κ1) is 21.1. The highest BCUT2D eigenvalue weighted by Gasteiger charge is 2.20. The van der Waals surface area contributed by atoms with E-state index in [0.29, 0.717) is 11.3 Å². The number of sulfonamides is 1. The standard InChI is InChI=1S/C21H18N4O6S/c1-12-4-3-5-15(10-12)25-32(28,29)18-11-14(7-6-13(18)2)22-20(26)17-9-8-16(30-17)19-23-21(27)31-24-19/h3-11,25H,1-2H3,(H,22,26)(H,23,24,27). The van der Waals surface area contributed by atoms with Crippen molar-refractivity contribution < 1.29 is 22.2 Å². The maximum atomic E-state index is 12.9. The summed E-state index contributed by atoms with van der Waals surface area (Å²) >= 11 is 0. The lowest BCUT2D eigenvalue weighted by atomic mass is 10.2. The molecule has 10 nitrogen and oxygen atoms in total. The van der Waals surface area contributed by atoms with Crippen LogP contribution in [0.25, 0.3) is 11.6 Å². The molecule has 0 aliphatic carbocycles. The van der Waals surface area contributed by atoms with Gasteiger partial charge in [-0.15, -0.1) is 0 Å². The lowest BCUT2D eigenvalue weighted by molar-refractivity contribution is 0.0997. The van der Waals surface area contributed by atoms with E-state index in [1.165, 1.54) is 18.2 Å². The molecular formula is C21H18N4O6S. The fourth-order valence-corrected chi connectivity index (χ4v) is 4.32. The number of carbonyl (C=O) groups is 1. The summed E-state index contributed by atoms with van der Waals surface area (Å²) in [6.07, 6.45) is 0. The number of hydrogen-bond donors (Lipinski definition) is 3. The van der Waals surface area contributed by atoms with E-state index in [-0.39, 0.29) is 27.9 Å². The molecule has 11 heteroatoms. The van der Waals surface area contributed by atoms with Crippen molar-refractivity contribution in [1.29, 1.82) is 0 Å². The van der Waals surface area contributed by atoms with Gasteiger partial charge in [0, 0.05) is 11.4 Å². The Kier molecular flexibility index (Phi) is 5.41. The number of amides is 1. The lowest BCUT2D eigenvalue weighted by Crippen LogP contribution is -2.16. The molecule has 2 aromatic carbocycles. The summed E-state index contributed by atoms with van der Waals surface area (Å²) in [5.74, 6) is -1.25. The van der Waals surface area contributed by atoms with Gasteiger partial charge in [-0.3, -0.25) is 19.0 Å². The summed E-state index contributed by atoms with van der Waals surface area (Å²) in [5.41, 5.74) is 2.12. The molecule has 0 aliphatic heterocycles. The van der Waals surface area contributed by atoms with Crippen molar-refractivity contribution in [3.63, 3.8) is 0 Å². The number of benzene rings is 2. The van der Waals surface area contributed by atoms with Gasteiger partial charge < -0.3 is 9.73 Å². The van der Waals surface area contributed by atoms with Crippen molar-refractivity contribution in [3.8, 4) is 11.6 Å². The van der Waals surface area contributed by atoms with Crippen molar-refractivity contribution in [2.24, 2.45) is 0 Å². The Bertz CT molecular complexity index is 1470. The molecule has 0 radical (unpaired) electrons. The van der Waals surface area contributed by atoms with Gasteiger partial charge in [-0.2, -0.15) is 0 Å². The van der Waals surface area contributed by atoms with Crippen molar-refractivity contribution in [3.05, 3.63) is 82.0 Å². The average Bonchev–Trinajstić information content (AvgIpc) is 3.38. The van der Waals surface area contributed by atoms with Crippen molar-refractivity contribution in [2.75, 3.05) is 10.0 Å². The summed E-state index contributed by atoms with van der Waals surface area (Å²) in [6.45, 7) is 3.52. The second-order valence-electron chi connectivity index (χ2n) is 7.02. The van der Waals surface area contributed by atoms with E-state index >= 15 is 0 Å². The number of aromatic amines is 1. The number of anilines is 2. The van der Waals surface area contributed by atoms with Crippen LogP contribution in [-0.4, -0.2) is 24.5 Å². The molecule has 0 unspecified atom stereocenters. The van der Waals surface area contributed by atoms with Crippen molar-refractivity contribution in [1.82, 2.24) is 10.1 Å². The smallest absolute Gasteiger partial charge is 0.439 e. The van der Waals surface area contributed by atoms with Gasteiger partial charge in [0.25, 0.3) is 15.9 Å². The zero-order chi connectivity index (χ0) is 22.9. The molecule has 32 heavy (non-hydrogen) atoms. The molecule has 4 aromatic rings. The van der Waals surface area contributed by atoms with Crippen molar-refractivity contribution >= 4 is 27.3 Å². The third-order valence-corrected chi connectivity index (χ3v) is 6.03. The van der Waals surface area contributed by atoms with Crippen LogP contribution in [0.15, 0.2) is 73.2 Å². The fourth-order valence-electron chi connectivity index (χ4n) is 3.00. The van der Waals surface area contributed by atoms with E-state index in [0.717, 1.165) is 5.56 Å². The Hall–Kier alpha value is -4.12. The van der Waals surface area contributed by atoms with Gasteiger partial charge in [-0.1, -0.05) is 23.4 Å². The molecule has 0 fully saturated rings. The number of rotatable bonds is 6. The van der Waals surface area contributed by atoms with E-state index in [2.05, 4.69) is 24.7 Å². The van der Waals surface area contributed by atoms with Crippen LogP contribution in [0.4, 0.5) is 11.4 Å². The highest BCUT2D eigenvalue weighted by Crippen LogP contribution is 2.24. The SMILES string of the molecule is Cc1cccc(NS(=O)(=O)c2cc(NC(=O)c3ccc(-c4noc(=O)[nH]4)o3)ccc2C)c1. The number of H-pyrrole nitrogens is 1. The van der Waals surface area contributed by atoms with Crippen LogP contribution in [0.3, 0.4) is 0 Å². The molecule has 3 N–H and O–H groups in total. The quantitative estimate of drug-likeness (QED) is 0.405. The Morgan fingerprint density at radius 1 is 1.03 bits per heavy atom. The fraction of sp³-hybridized carbons (Fsp3) is 0.0952. The predicted molar refractivity (Wildman–Crippen MR) is 116 cm³/mol. The number of aromatic nitrogens is 2. The normalized spacial score (nSPS) is 11.3. The van der Waals surface area contributed by atoms with Crippen molar-refractivity contribution in [2.45, 2.75) is 18.7 Å². The van der Waals surface area contributed by atoms with Gasteiger partial charge in [0.05, 0.1) is 4.90 Å². The van der Waals surface area contributed by atoms with Crippen LogP contribution in [0.1, 0.15) is 21.7 Å². The molecule has 164 valence electrons. The average molecular weight is 454 g/mol. The number of carbonyl (C=O) groups excluding carboxylic acids is 1. The van der Waals surface area contributed by atoms with Gasteiger partial charge in [-0.05, 0) is 61.4 Å². The summed E-state index contributed by atoms with van der Waals surface area (Å²) < 4.78 is 38.2. The third kappa shape index (κ3) is 4.47. The number of furan rings is 1. The second kappa shape index (κ2) is 8.19. The first-order valence-corrected chi connectivity index (χ1v) is 10.9. The first-order chi connectivity index (χ1) is 15.2. The molecule has 0 saturated carbocycles. The summed E-state index contributed by atoms with van der Waals surface area (Å²) in [5, 5.41) is 6.09. The van der Waals surface area contributed by atoms with Gasteiger partial charge in [0.1, 0.15) is 0 Å². The van der Waals surface area contributed by atoms with Crippen LogP contribution in [0.5, 0.6) is 0 Å². The van der Waals surface area contributed by atoms with Gasteiger partial charge in [-0.25, -0.2) is 13.2 Å². The van der Waals surface area contributed by atoms with Crippen LogP contribution >= 0.6 is 0 Å². The molecule has 0 saturated heterocycles. The minimum Gasteiger partial charge on any atom is -0.448 e. The van der Waals surface area contributed by atoms with Crippen LogP contribution in [0.2, 0.25) is 0 Å². The molecule has 4 rings (SSSR count). The maximum absolute atomic E-state index is 12.9. The molecule has 0 atom stereocenters. The lowest BCUT2D eigenvalue weighted by Gasteiger charge is -2.13. The Labute approximate surface area is 182 Å². The second-order valence-corrected chi connectivity index (χ2v) is 8.67. The Balaban J connectivity index is 1.55. The summed E-state index contributed by atoms with van der Waals surface area (Å²) in [6, 6.07) is 14.4. The highest BCUT2D eigenvalue weighted by molar-refractivity contribution is 7.92. The number of nitrogens with one attached hydrogen (secondary N) is 3. The molecule has 2 aromatic heterocycles. The molecule has 2 heterocycles. The largest absolute Gasteiger partial charge is 0.448 e. The highest BCUT2D eigenvalue weighted by atomic mass is 32.2. The van der Waals surface area contributed by atoms with Crippen LogP contribution in [-0.2, 0) is 10.0 Å². The van der Waals surface area contributed by atoms with E-state index in [1.807, 2.05) is 13.0 Å². The molecule has 0 spiro atoms. The Morgan fingerprint density at radius 3 is 2.56 bits per heavy atom. The zero-order valence-electron chi connectivity index (χ0n) is 17.0. The molecule has 0 aliphatic rings. The molecule has 0 bridgehead atoms. The van der Waals surface area contributed by atoms with E-state index in [1.54, 1.807) is 37.3 Å². The van der Waals surface area contributed by atoms with Crippen LogP contribution in [0, 0.1) is 13.8 Å². The predicted octanol–water partition coefficient (Wildman–Crippen LogP) is 3.29. The monoisotopic (exact) mass is 454 g/mol. The van der Waals surface area contributed by atoms with E-state index in [9.17, 15) is 18.0 Å². The van der Waals surface area contributed by atoms with Crippen LogP contribution < -0.4 is 15.8 Å². The van der Waals surface area contributed by atoms with E-state index < -0.39 is 21.7 Å². The van der Waals surface area contributed by atoms with E-state index in [4.69, 9.17) is 4.42 Å². The van der Waals surface area contributed by atoms with Gasteiger partial charge >= 0.3 is 5.76 Å². The third-order valence-electron chi connectivity index (χ3n) is 4.51. The topological polar surface area (TPSA) is 147 Å². The first-order valence-electron chi connectivity index (χ1n) is 9.39. The zero-order valence-corrected chi connectivity index (χ0v) is 17.8. The summed E-state index contributed by atoms with van der Waals surface area (Å²) in [7, 11) is -3.89. The number of nitrogens with zero attached hydrogens (tertiary/aromatic N) is 1. The molecule has 1 amide bonds. The number of aryl methyl sites for hydroxylation is 2.